The Morgan fingerprint density at radius 3 is 2.83 bits per heavy atom. The monoisotopic (exact) mass is 169 g/mol. The average Bonchev–Trinajstić information content (AvgIpc) is 2.83. The Morgan fingerprint density at radius 2 is 2.17 bits per heavy atom. The van der Waals surface area contributed by atoms with Gasteiger partial charge in [0.15, 0.2) is 0 Å². The van der Waals surface area contributed by atoms with E-state index in [9.17, 15) is 0 Å². The molecule has 1 atom stereocenters. The molecule has 0 radical (unpaired) electrons. The molecule has 1 heterocycles. The largest absolute Gasteiger partial charge is 0.380 e. The molecule has 1 saturated carbocycles. The van der Waals surface area contributed by atoms with Crippen LogP contribution in [0.4, 0.5) is 0 Å². The van der Waals surface area contributed by atoms with Gasteiger partial charge in [-0.15, -0.1) is 0 Å². The summed E-state index contributed by atoms with van der Waals surface area (Å²) in [5.74, 6) is 0. The fourth-order valence-electron chi connectivity index (χ4n) is 2.18. The normalized spacial score (nSPS) is 31.2. The molecule has 0 bridgehead atoms. The Kier molecular flexibility index (Phi) is 2.66. The van der Waals surface area contributed by atoms with Gasteiger partial charge >= 0.3 is 0 Å². The van der Waals surface area contributed by atoms with E-state index in [1.165, 1.54) is 32.2 Å². The Labute approximate surface area is 74.9 Å². The van der Waals surface area contributed by atoms with E-state index in [1.807, 2.05) is 0 Å². The van der Waals surface area contributed by atoms with Gasteiger partial charge in [0.25, 0.3) is 0 Å². The minimum absolute atomic E-state index is 0.748. The fourth-order valence-corrected chi connectivity index (χ4v) is 2.18. The van der Waals surface area contributed by atoms with E-state index in [0.717, 1.165) is 25.3 Å². The summed E-state index contributed by atoms with van der Waals surface area (Å²) in [6.45, 7) is 5.24. The number of nitrogens with zero attached hydrogens (tertiary/aromatic N) is 1. The Morgan fingerprint density at radius 1 is 1.33 bits per heavy atom. The molecule has 1 saturated heterocycles. The first-order valence-electron chi connectivity index (χ1n) is 5.25. The van der Waals surface area contributed by atoms with Crippen LogP contribution in [0.5, 0.6) is 0 Å². The summed E-state index contributed by atoms with van der Waals surface area (Å²) in [7, 11) is 0. The van der Waals surface area contributed by atoms with Crippen LogP contribution in [0.2, 0.25) is 0 Å². The van der Waals surface area contributed by atoms with E-state index in [1.54, 1.807) is 0 Å². The summed E-state index contributed by atoms with van der Waals surface area (Å²) in [5, 5.41) is 0. The first kappa shape index (κ1) is 8.52. The van der Waals surface area contributed by atoms with Crippen molar-refractivity contribution < 1.29 is 4.74 Å². The van der Waals surface area contributed by atoms with Gasteiger partial charge in [0.1, 0.15) is 0 Å². The lowest BCUT2D eigenvalue weighted by molar-refractivity contribution is 0.0821. The van der Waals surface area contributed by atoms with Gasteiger partial charge in [-0.3, -0.25) is 4.90 Å². The van der Waals surface area contributed by atoms with Crippen molar-refractivity contribution in [2.45, 2.75) is 44.7 Å². The van der Waals surface area contributed by atoms with E-state index >= 15 is 0 Å². The van der Waals surface area contributed by atoms with Crippen molar-refractivity contribution in [2.75, 3.05) is 19.8 Å². The molecule has 2 aliphatic rings. The SMILES string of the molecule is CCOC[C@@H]1CCCN1C1CC1. The summed E-state index contributed by atoms with van der Waals surface area (Å²) < 4.78 is 5.48. The summed E-state index contributed by atoms with van der Waals surface area (Å²) in [6, 6.07) is 1.68. The quantitative estimate of drug-likeness (QED) is 0.634. The molecule has 2 nitrogen and oxygen atoms in total. The van der Waals surface area contributed by atoms with Crippen molar-refractivity contribution in [1.29, 1.82) is 0 Å². The van der Waals surface area contributed by atoms with Gasteiger partial charge in [-0.2, -0.15) is 0 Å². The van der Waals surface area contributed by atoms with E-state index in [4.69, 9.17) is 4.74 Å². The number of likely N-dealkylation sites (tertiary alicyclic amines) is 1. The van der Waals surface area contributed by atoms with E-state index in [0.29, 0.717) is 0 Å². The van der Waals surface area contributed by atoms with Crippen molar-refractivity contribution >= 4 is 0 Å². The molecule has 1 aliphatic carbocycles. The van der Waals surface area contributed by atoms with Crippen LogP contribution in [0.15, 0.2) is 0 Å². The van der Waals surface area contributed by atoms with Crippen LogP contribution >= 0.6 is 0 Å². The van der Waals surface area contributed by atoms with Crippen LogP contribution in [0.3, 0.4) is 0 Å². The smallest absolute Gasteiger partial charge is 0.0621 e. The molecule has 0 aromatic rings. The molecular formula is C10H19NO. The van der Waals surface area contributed by atoms with Crippen LogP contribution in [-0.4, -0.2) is 36.7 Å². The maximum atomic E-state index is 5.48. The van der Waals surface area contributed by atoms with Crippen molar-refractivity contribution in [3.63, 3.8) is 0 Å². The number of hydrogen-bond donors (Lipinski definition) is 0. The summed E-state index contributed by atoms with van der Waals surface area (Å²) in [4.78, 5) is 2.66. The number of rotatable bonds is 4. The summed E-state index contributed by atoms with van der Waals surface area (Å²) >= 11 is 0. The fraction of sp³-hybridized carbons (Fsp3) is 1.00. The standard InChI is InChI=1S/C10H19NO/c1-2-12-8-10-4-3-7-11(10)9-5-6-9/h9-10H,2-8H2,1H3/t10-/m0/s1. The summed E-state index contributed by atoms with van der Waals surface area (Å²) in [6.07, 6.45) is 5.61. The molecule has 0 unspecified atom stereocenters. The number of hydrogen-bond acceptors (Lipinski definition) is 2. The second-order valence-electron chi connectivity index (χ2n) is 3.92. The van der Waals surface area contributed by atoms with Crippen molar-refractivity contribution in [3.05, 3.63) is 0 Å². The molecule has 0 N–H and O–H groups in total. The maximum Gasteiger partial charge on any atom is 0.0621 e. The highest BCUT2D eigenvalue weighted by Gasteiger charge is 2.36. The zero-order valence-corrected chi connectivity index (χ0v) is 7.96. The van der Waals surface area contributed by atoms with Crippen molar-refractivity contribution in [3.8, 4) is 0 Å². The number of ether oxygens (including phenoxy) is 1. The second-order valence-corrected chi connectivity index (χ2v) is 3.92. The summed E-state index contributed by atoms with van der Waals surface area (Å²) in [5.41, 5.74) is 0. The zero-order chi connectivity index (χ0) is 8.39. The third-order valence-electron chi connectivity index (χ3n) is 2.95. The topological polar surface area (TPSA) is 12.5 Å². The molecule has 0 spiro atoms. The third kappa shape index (κ3) is 1.80. The average molecular weight is 169 g/mol. The van der Waals surface area contributed by atoms with E-state index in [2.05, 4.69) is 11.8 Å². The van der Waals surface area contributed by atoms with Crippen LogP contribution in [-0.2, 0) is 4.74 Å². The van der Waals surface area contributed by atoms with Crippen LogP contribution < -0.4 is 0 Å². The minimum atomic E-state index is 0.748. The molecule has 0 aromatic carbocycles. The second kappa shape index (κ2) is 3.75. The Hall–Kier alpha value is -0.0800. The predicted octanol–water partition coefficient (Wildman–Crippen LogP) is 1.65. The van der Waals surface area contributed by atoms with Gasteiger partial charge in [0, 0.05) is 18.7 Å². The van der Waals surface area contributed by atoms with Crippen LogP contribution in [0.25, 0.3) is 0 Å². The van der Waals surface area contributed by atoms with Gasteiger partial charge in [0.05, 0.1) is 6.61 Å². The third-order valence-corrected chi connectivity index (χ3v) is 2.95. The first-order valence-corrected chi connectivity index (χ1v) is 5.25. The van der Waals surface area contributed by atoms with Gasteiger partial charge in [0.2, 0.25) is 0 Å². The molecule has 70 valence electrons. The molecule has 0 aromatic heterocycles. The molecule has 12 heavy (non-hydrogen) atoms. The van der Waals surface area contributed by atoms with Gasteiger partial charge in [-0.25, -0.2) is 0 Å². The van der Waals surface area contributed by atoms with Gasteiger partial charge in [-0.05, 0) is 39.2 Å². The first-order chi connectivity index (χ1) is 5.92. The highest BCUT2D eigenvalue weighted by atomic mass is 16.5. The van der Waals surface area contributed by atoms with Crippen LogP contribution in [0, 0.1) is 0 Å². The lowest BCUT2D eigenvalue weighted by Crippen LogP contribution is -2.34. The maximum absolute atomic E-state index is 5.48. The highest BCUT2D eigenvalue weighted by Crippen LogP contribution is 2.33. The lowest BCUT2D eigenvalue weighted by atomic mass is 10.2. The predicted molar refractivity (Wildman–Crippen MR) is 49.2 cm³/mol. The molecule has 0 amide bonds. The molecular weight excluding hydrogens is 150 g/mol. The highest BCUT2D eigenvalue weighted by molar-refractivity contribution is 4.92. The van der Waals surface area contributed by atoms with E-state index in [-0.39, 0.29) is 0 Å². The molecule has 2 rings (SSSR count). The van der Waals surface area contributed by atoms with Gasteiger partial charge < -0.3 is 4.74 Å². The van der Waals surface area contributed by atoms with E-state index < -0.39 is 0 Å². The minimum Gasteiger partial charge on any atom is -0.380 e. The molecule has 2 fully saturated rings. The van der Waals surface area contributed by atoms with Crippen molar-refractivity contribution in [2.24, 2.45) is 0 Å². The Bertz CT molecular complexity index is 145. The Balaban J connectivity index is 1.78. The lowest BCUT2D eigenvalue weighted by Gasteiger charge is -2.23. The van der Waals surface area contributed by atoms with Crippen molar-refractivity contribution in [1.82, 2.24) is 4.90 Å². The van der Waals surface area contributed by atoms with Gasteiger partial charge in [-0.1, -0.05) is 0 Å². The zero-order valence-electron chi connectivity index (χ0n) is 7.96. The van der Waals surface area contributed by atoms with Crippen LogP contribution in [0.1, 0.15) is 32.6 Å². The molecule has 2 heteroatoms. The molecule has 1 aliphatic heterocycles.